The maximum atomic E-state index is 11.8. The van der Waals surface area contributed by atoms with Gasteiger partial charge in [0.25, 0.3) is 5.91 Å². The van der Waals surface area contributed by atoms with Crippen LogP contribution in [0.4, 0.5) is 5.82 Å². The third-order valence-corrected chi connectivity index (χ3v) is 4.34. The van der Waals surface area contributed by atoms with E-state index in [9.17, 15) is 4.79 Å². The van der Waals surface area contributed by atoms with Crippen LogP contribution in [0.5, 0.6) is 0 Å². The van der Waals surface area contributed by atoms with Gasteiger partial charge in [-0.25, -0.2) is 4.98 Å². The monoisotopic (exact) mass is 301 g/mol. The minimum Gasteiger partial charge on any atom is -0.368 e. The van der Waals surface area contributed by atoms with Gasteiger partial charge in [-0.3, -0.25) is 14.6 Å². The van der Waals surface area contributed by atoms with E-state index in [1.54, 1.807) is 18.3 Å². The lowest BCUT2D eigenvalue weighted by Gasteiger charge is -2.47. The highest BCUT2D eigenvalue weighted by atomic mass is 16.1. The number of nitrogens with zero attached hydrogens (tertiary/aromatic N) is 3. The number of hydrogen-bond acceptors (Lipinski definition) is 5. The molecule has 3 aliphatic heterocycles. The molecule has 0 saturated carbocycles. The Kier molecular flexibility index (Phi) is 4.70. The minimum atomic E-state index is -0.123. The van der Waals surface area contributed by atoms with Crippen LogP contribution in [-0.4, -0.2) is 72.5 Å². The number of carbonyl (C=O) groups excluding carboxylic acids is 1. The van der Waals surface area contributed by atoms with Crippen molar-refractivity contribution < 1.29 is 4.79 Å². The van der Waals surface area contributed by atoms with Crippen molar-refractivity contribution in [2.24, 2.45) is 0 Å². The highest BCUT2D eigenvalue weighted by Crippen LogP contribution is 2.16. The molecule has 6 heteroatoms. The summed E-state index contributed by atoms with van der Waals surface area (Å²) in [5.41, 5.74) is 0.569. The number of rotatable bonds is 6. The lowest BCUT2D eigenvalue weighted by molar-refractivity contribution is 0.0189. The smallest absolute Gasteiger partial charge is 0.253 e. The largest absolute Gasteiger partial charge is 0.368 e. The Bertz CT molecular complexity index is 522. The van der Waals surface area contributed by atoms with Gasteiger partial charge in [-0.15, -0.1) is 6.58 Å². The zero-order valence-corrected chi connectivity index (χ0v) is 12.8. The number of piperazine rings is 3. The van der Waals surface area contributed by atoms with Crippen molar-refractivity contribution >= 4 is 11.7 Å². The number of anilines is 1. The van der Waals surface area contributed by atoms with E-state index in [0.717, 1.165) is 18.9 Å². The van der Waals surface area contributed by atoms with Gasteiger partial charge in [0.1, 0.15) is 5.82 Å². The first-order chi connectivity index (χ1) is 10.8. The topological polar surface area (TPSA) is 60.5 Å². The number of carbonyl (C=O) groups is 1. The van der Waals surface area contributed by atoms with Crippen LogP contribution >= 0.6 is 0 Å². The van der Waals surface area contributed by atoms with Gasteiger partial charge >= 0.3 is 0 Å². The van der Waals surface area contributed by atoms with E-state index in [0.29, 0.717) is 18.2 Å². The van der Waals surface area contributed by atoms with Crippen molar-refractivity contribution in [1.29, 1.82) is 0 Å². The standard InChI is InChI=1S/C16H23N5O/c1-2-5-17-16(22)13-3-4-15(18-10-13)19-11-14-12-20-6-8-21(14)9-7-20/h2-4,10,14H,1,5-9,11-12H2,(H,17,22)(H,18,19). The molecule has 1 atom stereocenters. The molecular formula is C16H23N5O. The zero-order chi connectivity index (χ0) is 15.4. The summed E-state index contributed by atoms with van der Waals surface area (Å²) in [7, 11) is 0. The van der Waals surface area contributed by atoms with E-state index >= 15 is 0 Å². The molecule has 22 heavy (non-hydrogen) atoms. The molecule has 4 rings (SSSR count). The lowest BCUT2D eigenvalue weighted by atomic mass is 10.1. The average Bonchev–Trinajstić information content (AvgIpc) is 2.59. The van der Waals surface area contributed by atoms with Gasteiger partial charge in [0, 0.05) is 58.1 Å². The fourth-order valence-corrected chi connectivity index (χ4v) is 3.04. The van der Waals surface area contributed by atoms with Crippen LogP contribution in [0, 0.1) is 0 Å². The quantitative estimate of drug-likeness (QED) is 0.745. The van der Waals surface area contributed by atoms with Crippen molar-refractivity contribution in [2.75, 3.05) is 51.1 Å². The summed E-state index contributed by atoms with van der Waals surface area (Å²) in [5, 5.41) is 6.12. The number of nitrogens with one attached hydrogen (secondary N) is 2. The molecule has 3 fully saturated rings. The molecule has 2 bridgehead atoms. The van der Waals surface area contributed by atoms with Crippen molar-refractivity contribution in [2.45, 2.75) is 6.04 Å². The Labute approximate surface area is 131 Å². The number of pyridine rings is 1. The molecule has 3 aliphatic rings. The van der Waals surface area contributed by atoms with E-state index in [1.807, 2.05) is 6.07 Å². The summed E-state index contributed by atoms with van der Waals surface area (Å²) in [6, 6.07) is 4.21. The van der Waals surface area contributed by atoms with E-state index < -0.39 is 0 Å². The van der Waals surface area contributed by atoms with Crippen LogP contribution in [0.25, 0.3) is 0 Å². The van der Waals surface area contributed by atoms with E-state index in [4.69, 9.17) is 0 Å². The molecule has 4 heterocycles. The van der Waals surface area contributed by atoms with Crippen LogP contribution in [-0.2, 0) is 0 Å². The third kappa shape index (κ3) is 3.45. The number of amides is 1. The van der Waals surface area contributed by atoms with Crippen LogP contribution in [0.1, 0.15) is 10.4 Å². The average molecular weight is 301 g/mol. The summed E-state index contributed by atoms with van der Waals surface area (Å²) in [4.78, 5) is 21.2. The molecule has 6 nitrogen and oxygen atoms in total. The van der Waals surface area contributed by atoms with Crippen molar-refractivity contribution in [3.63, 3.8) is 0 Å². The highest BCUT2D eigenvalue weighted by Gasteiger charge is 2.31. The molecule has 2 N–H and O–H groups in total. The Morgan fingerprint density at radius 1 is 1.36 bits per heavy atom. The van der Waals surface area contributed by atoms with Crippen LogP contribution < -0.4 is 10.6 Å². The Balaban J connectivity index is 1.51. The molecule has 118 valence electrons. The first-order valence-electron chi connectivity index (χ1n) is 7.81. The molecule has 0 radical (unpaired) electrons. The SMILES string of the molecule is C=CCNC(=O)c1ccc(NCC2CN3CCN2CC3)nc1. The normalized spacial score (nSPS) is 26.5. The fourth-order valence-electron chi connectivity index (χ4n) is 3.04. The van der Waals surface area contributed by atoms with Gasteiger partial charge in [0.05, 0.1) is 5.56 Å². The minimum absolute atomic E-state index is 0.123. The van der Waals surface area contributed by atoms with Gasteiger partial charge < -0.3 is 10.6 Å². The van der Waals surface area contributed by atoms with Gasteiger partial charge in [0.2, 0.25) is 0 Å². The number of hydrogen-bond donors (Lipinski definition) is 2. The molecule has 1 aromatic heterocycles. The lowest BCUT2D eigenvalue weighted by Crippen LogP contribution is -2.62. The van der Waals surface area contributed by atoms with Crippen LogP contribution in [0.2, 0.25) is 0 Å². The van der Waals surface area contributed by atoms with E-state index in [1.165, 1.54) is 26.2 Å². The number of fused-ring (bicyclic) bond motifs is 3. The second-order valence-electron chi connectivity index (χ2n) is 5.80. The molecule has 0 aromatic carbocycles. The van der Waals surface area contributed by atoms with Crippen LogP contribution in [0.3, 0.4) is 0 Å². The van der Waals surface area contributed by atoms with Crippen LogP contribution in [0.15, 0.2) is 31.0 Å². The fraction of sp³-hybridized carbons (Fsp3) is 0.500. The third-order valence-electron chi connectivity index (χ3n) is 4.34. The maximum Gasteiger partial charge on any atom is 0.253 e. The van der Waals surface area contributed by atoms with Gasteiger partial charge in [-0.2, -0.15) is 0 Å². The predicted molar refractivity (Wildman–Crippen MR) is 87.1 cm³/mol. The van der Waals surface area contributed by atoms with Crippen molar-refractivity contribution in [3.05, 3.63) is 36.5 Å². The highest BCUT2D eigenvalue weighted by molar-refractivity contribution is 5.94. The summed E-state index contributed by atoms with van der Waals surface area (Å²) in [6.45, 7) is 10.8. The molecule has 3 saturated heterocycles. The van der Waals surface area contributed by atoms with Crippen molar-refractivity contribution in [3.8, 4) is 0 Å². The first kappa shape index (κ1) is 15.0. The summed E-state index contributed by atoms with van der Waals surface area (Å²) in [6.07, 6.45) is 3.27. The summed E-state index contributed by atoms with van der Waals surface area (Å²) >= 11 is 0. The first-order valence-corrected chi connectivity index (χ1v) is 7.81. The van der Waals surface area contributed by atoms with Gasteiger partial charge in [-0.1, -0.05) is 6.08 Å². The Morgan fingerprint density at radius 3 is 2.77 bits per heavy atom. The zero-order valence-electron chi connectivity index (χ0n) is 12.8. The van der Waals surface area contributed by atoms with E-state index in [-0.39, 0.29) is 5.91 Å². The molecule has 1 aromatic rings. The maximum absolute atomic E-state index is 11.8. The summed E-state index contributed by atoms with van der Waals surface area (Å²) < 4.78 is 0. The molecule has 0 aliphatic carbocycles. The molecular weight excluding hydrogens is 278 g/mol. The second kappa shape index (κ2) is 6.89. The number of aromatic nitrogens is 1. The van der Waals surface area contributed by atoms with Gasteiger partial charge in [0.15, 0.2) is 0 Å². The Morgan fingerprint density at radius 2 is 2.18 bits per heavy atom. The second-order valence-corrected chi connectivity index (χ2v) is 5.80. The van der Waals surface area contributed by atoms with Gasteiger partial charge in [-0.05, 0) is 12.1 Å². The predicted octanol–water partition coefficient (Wildman–Crippen LogP) is 0.409. The molecule has 1 unspecified atom stereocenters. The molecule has 1 amide bonds. The Hall–Kier alpha value is -1.92. The molecule has 0 spiro atoms. The van der Waals surface area contributed by atoms with Crippen molar-refractivity contribution in [1.82, 2.24) is 20.1 Å². The van der Waals surface area contributed by atoms with E-state index in [2.05, 4.69) is 32.0 Å². The summed E-state index contributed by atoms with van der Waals surface area (Å²) in [5.74, 6) is 0.695.